The Labute approximate surface area is 235 Å². The lowest BCUT2D eigenvalue weighted by atomic mass is 10.0. The van der Waals surface area contributed by atoms with Crippen molar-refractivity contribution in [3.63, 3.8) is 0 Å². The standard InChI is InChI=1S/C29H25ClN6O4/c1-17-14-33-26(15-32-17)35-27(37)22-8-6-18(11-25(22)40-2)16-36-24(13-20-5-3-4-10-31-20)28(38)34-23-12-19(30)7-9-21(23)29(36)39/h3-12,14-15,24H,13,16H2,1-2H3,(H,34,38)(H,33,35,37). The van der Waals surface area contributed by atoms with Crippen LogP contribution >= 0.6 is 11.6 Å². The third-order valence-corrected chi connectivity index (χ3v) is 6.66. The summed E-state index contributed by atoms with van der Waals surface area (Å²) in [6.45, 7) is 1.88. The number of halogens is 1. The van der Waals surface area contributed by atoms with Crippen LogP contribution in [0.25, 0.3) is 0 Å². The minimum atomic E-state index is -0.859. The molecule has 1 unspecified atom stereocenters. The number of ether oxygens (including phenoxy) is 1. The van der Waals surface area contributed by atoms with Crippen LogP contribution in [0, 0.1) is 6.92 Å². The van der Waals surface area contributed by atoms with Crippen LogP contribution in [-0.2, 0) is 17.8 Å². The van der Waals surface area contributed by atoms with Crippen LogP contribution < -0.4 is 15.4 Å². The van der Waals surface area contributed by atoms with Gasteiger partial charge in [-0.2, -0.15) is 0 Å². The van der Waals surface area contributed by atoms with Gasteiger partial charge in [-0.3, -0.25) is 24.4 Å². The predicted molar refractivity (Wildman–Crippen MR) is 149 cm³/mol. The Morgan fingerprint density at radius 1 is 1.07 bits per heavy atom. The van der Waals surface area contributed by atoms with Crippen molar-refractivity contribution in [1.29, 1.82) is 0 Å². The molecule has 0 aliphatic carbocycles. The first kappa shape index (κ1) is 26.8. The van der Waals surface area contributed by atoms with E-state index in [0.717, 1.165) is 5.69 Å². The number of fused-ring (bicyclic) bond motifs is 1. The van der Waals surface area contributed by atoms with Crippen molar-refractivity contribution in [2.75, 3.05) is 17.7 Å². The van der Waals surface area contributed by atoms with Crippen molar-refractivity contribution < 1.29 is 19.1 Å². The Kier molecular flexibility index (Phi) is 7.70. The van der Waals surface area contributed by atoms with E-state index in [4.69, 9.17) is 16.3 Å². The van der Waals surface area contributed by atoms with Gasteiger partial charge in [-0.25, -0.2) is 4.98 Å². The molecule has 1 aliphatic rings. The number of carbonyl (C=O) groups is 3. The Hall–Kier alpha value is -4.83. The zero-order valence-electron chi connectivity index (χ0n) is 21.7. The normalized spacial score (nSPS) is 14.7. The van der Waals surface area contributed by atoms with Crippen molar-refractivity contribution in [1.82, 2.24) is 19.9 Å². The molecule has 2 aromatic heterocycles. The van der Waals surface area contributed by atoms with E-state index < -0.39 is 11.9 Å². The van der Waals surface area contributed by atoms with Crippen LogP contribution in [-0.4, -0.2) is 50.7 Å². The third kappa shape index (κ3) is 5.76. The summed E-state index contributed by atoms with van der Waals surface area (Å²) >= 11 is 6.15. The maximum absolute atomic E-state index is 13.8. The molecule has 2 aromatic carbocycles. The minimum Gasteiger partial charge on any atom is -0.496 e. The molecule has 1 atom stereocenters. The van der Waals surface area contributed by atoms with Gasteiger partial charge >= 0.3 is 0 Å². The van der Waals surface area contributed by atoms with E-state index in [9.17, 15) is 14.4 Å². The smallest absolute Gasteiger partial charge is 0.260 e. The molecule has 0 saturated heterocycles. The summed E-state index contributed by atoms with van der Waals surface area (Å²) in [5, 5.41) is 5.95. The zero-order valence-corrected chi connectivity index (χ0v) is 22.5. The maximum atomic E-state index is 13.8. The minimum absolute atomic E-state index is 0.0769. The summed E-state index contributed by atoms with van der Waals surface area (Å²) < 4.78 is 5.51. The zero-order chi connectivity index (χ0) is 28.2. The molecule has 5 rings (SSSR count). The molecule has 10 nitrogen and oxygen atoms in total. The summed E-state index contributed by atoms with van der Waals surface area (Å²) in [5.41, 5.74) is 2.99. The number of nitrogens with one attached hydrogen (secondary N) is 2. The fraction of sp³-hybridized carbons (Fsp3) is 0.172. The molecule has 0 fully saturated rings. The summed E-state index contributed by atoms with van der Waals surface area (Å²) in [6, 6.07) is 14.3. The van der Waals surface area contributed by atoms with Gasteiger partial charge in [-0.1, -0.05) is 23.7 Å². The number of hydrogen-bond donors (Lipinski definition) is 2. The van der Waals surface area contributed by atoms with Crippen molar-refractivity contribution in [2.45, 2.75) is 25.9 Å². The topological polar surface area (TPSA) is 126 Å². The van der Waals surface area contributed by atoms with Gasteiger partial charge < -0.3 is 20.3 Å². The molecule has 3 amide bonds. The van der Waals surface area contributed by atoms with Crippen LogP contribution in [0.5, 0.6) is 5.75 Å². The average Bonchev–Trinajstić information content (AvgIpc) is 3.04. The monoisotopic (exact) mass is 556 g/mol. The number of nitrogens with zero attached hydrogens (tertiary/aromatic N) is 4. The fourth-order valence-corrected chi connectivity index (χ4v) is 4.59. The van der Waals surface area contributed by atoms with Crippen LogP contribution in [0.1, 0.15) is 37.7 Å². The number of hydrogen-bond acceptors (Lipinski definition) is 7. The van der Waals surface area contributed by atoms with E-state index in [2.05, 4.69) is 25.6 Å². The summed E-state index contributed by atoms with van der Waals surface area (Å²) in [5.74, 6) is -0.522. The number of aromatic nitrogens is 3. The summed E-state index contributed by atoms with van der Waals surface area (Å²) in [4.78, 5) is 54.3. The number of amides is 3. The van der Waals surface area contributed by atoms with E-state index in [1.54, 1.807) is 67.8 Å². The molecule has 0 bridgehead atoms. The highest BCUT2D eigenvalue weighted by Crippen LogP contribution is 2.30. The van der Waals surface area contributed by atoms with Crippen molar-refractivity contribution in [3.8, 4) is 5.75 Å². The average molecular weight is 557 g/mol. The largest absolute Gasteiger partial charge is 0.496 e. The lowest BCUT2D eigenvalue weighted by Crippen LogP contribution is -2.46. The first-order chi connectivity index (χ1) is 19.3. The first-order valence-corrected chi connectivity index (χ1v) is 12.8. The van der Waals surface area contributed by atoms with Crippen LogP contribution in [0.3, 0.4) is 0 Å². The van der Waals surface area contributed by atoms with E-state index in [1.165, 1.54) is 18.2 Å². The Morgan fingerprint density at radius 3 is 2.65 bits per heavy atom. The second-order valence-corrected chi connectivity index (χ2v) is 9.62. The molecule has 11 heteroatoms. The molecular formula is C29H25ClN6O4. The summed E-state index contributed by atoms with van der Waals surface area (Å²) in [7, 11) is 1.45. The fourth-order valence-electron chi connectivity index (χ4n) is 4.42. The molecule has 0 saturated carbocycles. The van der Waals surface area contributed by atoms with Crippen molar-refractivity contribution in [2.24, 2.45) is 0 Å². The number of aryl methyl sites for hydroxylation is 1. The van der Waals surface area contributed by atoms with Crippen LogP contribution in [0.4, 0.5) is 11.5 Å². The first-order valence-electron chi connectivity index (χ1n) is 12.4. The number of anilines is 2. The van der Waals surface area contributed by atoms with E-state index in [1.807, 2.05) is 6.07 Å². The number of methoxy groups -OCH3 is 1. The van der Waals surface area contributed by atoms with Gasteiger partial charge in [0.2, 0.25) is 5.91 Å². The van der Waals surface area contributed by atoms with Gasteiger partial charge in [0.15, 0.2) is 5.82 Å². The highest BCUT2D eigenvalue weighted by atomic mass is 35.5. The third-order valence-electron chi connectivity index (χ3n) is 6.42. The quantitative estimate of drug-likeness (QED) is 0.347. The van der Waals surface area contributed by atoms with Gasteiger partial charge in [0.05, 0.1) is 42.0 Å². The Balaban J connectivity index is 1.46. The summed E-state index contributed by atoms with van der Waals surface area (Å²) in [6.07, 6.45) is 4.87. The molecule has 0 radical (unpaired) electrons. The molecular weight excluding hydrogens is 532 g/mol. The second-order valence-electron chi connectivity index (χ2n) is 9.18. The van der Waals surface area contributed by atoms with Gasteiger partial charge in [-0.15, -0.1) is 0 Å². The lowest BCUT2D eigenvalue weighted by molar-refractivity contribution is -0.120. The van der Waals surface area contributed by atoms with Crippen LogP contribution in [0.15, 0.2) is 73.2 Å². The number of benzene rings is 2. The molecule has 3 heterocycles. The molecule has 202 valence electrons. The molecule has 4 aromatic rings. The molecule has 40 heavy (non-hydrogen) atoms. The molecule has 2 N–H and O–H groups in total. The number of rotatable bonds is 7. The predicted octanol–water partition coefficient (Wildman–Crippen LogP) is 4.30. The molecule has 1 aliphatic heterocycles. The number of carbonyl (C=O) groups excluding carboxylic acids is 3. The SMILES string of the molecule is COc1cc(CN2C(=O)c3ccc(Cl)cc3NC(=O)C2Cc2ccccn2)ccc1C(=O)Nc1cnc(C)cn1. The van der Waals surface area contributed by atoms with Gasteiger partial charge in [0, 0.05) is 29.9 Å². The number of pyridine rings is 1. The highest BCUT2D eigenvalue weighted by molar-refractivity contribution is 6.31. The van der Waals surface area contributed by atoms with E-state index >= 15 is 0 Å². The van der Waals surface area contributed by atoms with E-state index in [0.29, 0.717) is 39.1 Å². The lowest BCUT2D eigenvalue weighted by Gasteiger charge is -2.29. The van der Waals surface area contributed by atoms with Gasteiger partial charge in [0.25, 0.3) is 11.8 Å². The Bertz CT molecular complexity index is 1580. The molecule has 0 spiro atoms. The van der Waals surface area contributed by atoms with Gasteiger partial charge in [-0.05, 0) is 55.0 Å². The van der Waals surface area contributed by atoms with Crippen molar-refractivity contribution >= 4 is 40.8 Å². The van der Waals surface area contributed by atoms with Gasteiger partial charge in [0.1, 0.15) is 11.8 Å². The van der Waals surface area contributed by atoms with Crippen LogP contribution in [0.2, 0.25) is 5.02 Å². The maximum Gasteiger partial charge on any atom is 0.260 e. The van der Waals surface area contributed by atoms with E-state index in [-0.39, 0.29) is 30.3 Å². The highest BCUT2D eigenvalue weighted by Gasteiger charge is 2.36. The van der Waals surface area contributed by atoms with Crippen molar-refractivity contribution in [3.05, 3.63) is 106 Å². The Morgan fingerprint density at radius 2 is 1.93 bits per heavy atom. The second kappa shape index (κ2) is 11.5.